The molecule has 1 atom stereocenters. The monoisotopic (exact) mass is 267 g/mol. The minimum atomic E-state index is -0.689. The first-order valence-corrected chi connectivity index (χ1v) is 6.47. The Kier molecular flexibility index (Phi) is 3.75. The summed E-state index contributed by atoms with van der Waals surface area (Å²) in [5.74, 6) is 1.000. The molecular weight excluding hydrogens is 246 g/mol. The van der Waals surface area contributed by atoms with E-state index in [1.165, 1.54) is 0 Å². The van der Waals surface area contributed by atoms with Gasteiger partial charge in [-0.1, -0.05) is 0 Å². The smallest absolute Gasteiger partial charge is 0.323 e. The van der Waals surface area contributed by atoms with E-state index in [-0.39, 0.29) is 6.10 Å². The Morgan fingerprint density at radius 2 is 2.11 bits per heavy atom. The van der Waals surface area contributed by atoms with E-state index in [0.29, 0.717) is 30.9 Å². The number of ether oxygens (including phenoxy) is 1. The van der Waals surface area contributed by atoms with Crippen LogP contribution in [0.15, 0.2) is 0 Å². The van der Waals surface area contributed by atoms with Gasteiger partial charge in [0.15, 0.2) is 0 Å². The maximum absolute atomic E-state index is 10.0. The lowest BCUT2D eigenvalue weighted by Crippen LogP contribution is -2.30. The van der Waals surface area contributed by atoms with Crippen LogP contribution >= 0.6 is 0 Å². The lowest BCUT2D eigenvalue weighted by Gasteiger charge is -2.19. The van der Waals surface area contributed by atoms with Gasteiger partial charge in [-0.3, -0.25) is 0 Å². The van der Waals surface area contributed by atoms with Gasteiger partial charge < -0.3 is 20.1 Å². The van der Waals surface area contributed by atoms with Crippen LogP contribution in [-0.4, -0.2) is 51.9 Å². The predicted molar refractivity (Wildman–Crippen MR) is 72.6 cm³/mol. The molecule has 0 bridgehead atoms. The summed E-state index contributed by atoms with van der Waals surface area (Å²) < 4.78 is 5.52. The van der Waals surface area contributed by atoms with Crippen molar-refractivity contribution in [1.29, 1.82) is 0 Å². The van der Waals surface area contributed by atoms with E-state index >= 15 is 0 Å². The van der Waals surface area contributed by atoms with Crippen molar-refractivity contribution >= 4 is 11.9 Å². The van der Waals surface area contributed by atoms with Crippen LogP contribution in [0.25, 0.3) is 0 Å². The SMILES string of the molecule is CNc1nc(OC(C)C)nc(N2CCC(C)(O)C2)n1. The second-order valence-corrected chi connectivity index (χ2v) is 5.33. The number of nitrogens with zero attached hydrogens (tertiary/aromatic N) is 4. The molecule has 0 spiro atoms. The third-order valence-electron chi connectivity index (χ3n) is 2.90. The summed E-state index contributed by atoms with van der Waals surface area (Å²) in [6.07, 6.45) is 0.704. The molecule has 19 heavy (non-hydrogen) atoms. The molecule has 1 aromatic rings. The standard InChI is InChI=1S/C12H21N5O2/c1-8(2)19-11-15-9(13-4)14-10(16-11)17-6-5-12(3,18)7-17/h8,18H,5-7H2,1-4H3,(H,13,14,15,16). The highest BCUT2D eigenvalue weighted by atomic mass is 16.5. The van der Waals surface area contributed by atoms with Gasteiger partial charge in [0, 0.05) is 20.1 Å². The van der Waals surface area contributed by atoms with Crippen LogP contribution in [0.1, 0.15) is 27.2 Å². The molecule has 2 N–H and O–H groups in total. The van der Waals surface area contributed by atoms with E-state index in [4.69, 9.17) is 4.74 Å². The molecule has 7 nitrogen and oxygen atoms in total. The highest BCUT2D eigenvalue weighted by Gasteiger charge is 2.33. The first kappa shape index (κ1) is 13.8. The van der Waals surface area contributed by atoms with Crippen LogP contribution in [0, 0.1) is 0 Å². The zero-order valence-electron chi connectivity index (χ0n) is 11.8. The van der Waals surface area contributed by atoms with E-state index in [1.807, 2.05) is 25.7 Å². The van der Waals surface area contributed by atoms with Gasteiger partial charge in [-0.05, 0) is 27.2 Å². The van der Waals surface area contributed by atoms with Crippen molar-refractivity contribution in [3.63, 3.8) is 0 Å². The van der Waals surface area contributed by atoms with Crippen molar-refractivity contribution in [2.75, 3.05) is 30.4 Å². The molecule has 1 saturated heterocycles. The Morgan fingerprint density at radius 3 is 2.63 bits per heavy atom. The summed E-state index contributed by atoms with van der Waals surface area (Å²) >= 11 is 0. The van der Waals surface area contributed by atoms with Gasteiger partial charge >= 0.3 is 6.01 Å². The molecule has 106 valence electrons. The lowest BCUT2D eigenvalue weighted by molar-refractivity contribution is 0.0838. The van der Waals surface area contributed by atoms with Crippen LogP contribution in [0.3, 0.4) is 0 Å². The Bertz CT molecular complexity index is 450. The summed E-state index contributed by atoms with van der Waals surface area (Å²) in [4.78, 5) is 14.7. The fourth-order valence-electron chi connectivity index (χ4n) is 1.98. The highest BCUT2D eigenvalue weighted by Crippen LogP contribution is 2.25. The molecular formula is C12H21N5O2. The summed E-state index contributed by atoms with van der Waals surface area (Å²) in [6.45, 7) is 6.90. The second kappa shape index (κ2) is 5.16. The fourth-order valence-corrected chi connectivity index (χ4v) is 1.98. The molecule has 1 aromatic heterocycles. The van der Waals surface area contributed by atoms with Crippen molar-refractivity contribution in [3.05, 3.63) is 0 Å². The van der Waals surface area contributed by atoms with Crippen molar-refractivity contribution in [2.24, 2.45) is 0 Å². The van der Waals surface area contributed by atoms with Gasteiger partial charge in [0.1, 0.15) is 0 Å². The van der Waals surface area contributed by atoms with Crippen molar-refractivity contribution in [1.82, 2.24) is 15.0 Å². The van der Waals surface area contributed by atoms with E-state index in [2.05, 4.69) is 20.3 Å². The molecule has 0 amide bonds. The van der Waals surface area contributed by atoms with Crippen LogP contribution in [-0.2, 0) is 0 Å². The van der Waals surface area contributed by atoms with Crippen molar-refractivity contribution < 1.29 is 9.84 Å². The Hall–Kier alpha value is -1.63. The Morgan fingerprint density at radius 1 is 1.37 bits per heavy atom. The number of aromatic nitrogens is 3. The maximum atomic E-state index is 10.0. The van der Waals surface area contributed by atoms with Crippen LogP contribution in [0.5, 0.6) is 6.01 Å². The minimum Gasteiger partial charge on any atom is -0.461 e. The second-order valence-electron chi connectivity index (χ2n) is 5.33. The molecule has 0 radical (unpaired) electrons. The summed E-state index contributed by atoms with van der Waals surface area (Å²) in [5.41, 5.74) is -0.689. The molecule has 1 fully saturated rings. The quantitative estimate of drug-likeness (QED) is 0.829. The molecule has 2 heterocycles. The number of anilines is 2. The van der Waals surface area contributed by atoms with Crippen LogP contribution in [0.2, 0.25) is 0 Å². The first-order chi connectivity index (χ1) is 8.89. The third kappa shape index (κ3) is 3.44. The molecule has 0 saturated carbocycles. The molecule has 7 heteroatoms. The Balaban J connectivity index is 2.24. The zero-order valence-corrected chi connectivity index (χ0v) is 11.8. The molecule has 1 aliphatic rings. The van der Waals surface area contributed by atoms with Gasteiger partial charge in [-0.2, -0.15) is 15.0 Å². The van der Waals surface area contributed by atoms with Crippen LogP contribution in [0.4, 0.5) is 11.9 Å². The number of hydrogen-bond donors (Lipinski definition) is 2. The average molecular weight is 267 g/mol. The molecule has 2 rings (SSSR count). The largest absolute Gasteiger partial charge is 0.461 e. The number of aliphatic hydroxyl groups is 1. The molecule has 0 aliphatic carbocycles. The number of rotatable bonds is 4. The van der Waals surface area contributed by atoms with Crippen molar-refractivity contribution in [2.45, 2.75) is 38.9 Å². The number of nitrogens with one attached hydrogen (secondary N) is 1. The Labute approximate surface area is 113 Å². The zero-order chi connectivity index (χ0) is 14.0. The van der Waals surface area contributed by atoms with Gasteiger partial charge in [-0.25, -0.2) is 0 Å². The average Bonchev–Trinajstić information content (AvgIpc) is 2.68. The highest BCUT2D eigenvalue weighted by molar-refractivity contribution is 5.39. The number of β-amino-alcohol motifs (C(OH)–C–C–N with tert-alkyl or cyclic N) is 1. The summed E-state index contributed by atoms with van der Waals surface area (Å²) in [6, 6.07) is 0.302. The van der Waals surface area contributed by atoms with Crippen molar-refractivity contribution in [3.8, 4) is 6.01 Å². The van der Waals surface area contributed by atoms with E-state index in [1.54, 1.807) is 7.05 Å². The normalized spacial score (nSPS) is 22.9. The predicted octanol–water partition coefficient (Wildman–Crippen LogP) is 0.662. The summed E-state index contributed by atoms with van der Waals surface area (Å²) in [5, 5.41) is 12.9. The summed E-state index contributed by atoms with van der Waals surface area (Å²) in [7, 11) is 1.75. The van der Waals surface area contributed by atoms with Crippen LogP contribution < -0.4 is 15.0 Å². The molecule has 0 aromatic carbocycles. The third-order valence-corrected chi connectivity index (χ3v) is 2.90. The maximum Gasteiger partial charge on any atom is 0.323 e. The van der Waals surface area contributed by atoms with Gasteiger partial charge in [0.2, 0.25) is 11.9 Å². The van der Waals surface area contributed by atoms with Gasteiger partial charge in [0.25, 0.3) is 0 Å². The lowest BCUT2D eigenvalue weighted by atomic mass is 10.1. The van der Waals surface area contributed by atoms with E-state index in [0.717, 1.165) is 6.54 Å². The van der Waals surface area contributed by atoms with E-state index in [9.17, 15) is 5.11 Å². The fraction of sp³-hybridized carbons (Fsp3) is 0.750. The van der Waals surface area contributed by atoms with Gasteiger partial charge in [-0.15, -0.1) is 0 Å². The molecule has 1 aliphatic heterocycles. The van der Waals surface area contributed by atoms with E-state index < -0.39 is 5.60 Å². The molecule has 1 unspecified atom stereocenters. The van der Waals surface area contributed by atoms with Gasteiger partial charge in [0.05, 0.1) is 11.7 Å². The minimum absolute atomic E-state index is 0.00152. The topological polar surface area (TPSA) is 83.4 Å². The number of hydrogen-bond acceptors (Lipinski definition) is 7. The first-order valence-electron chi connectivity index (χ1n) is 6.47.